The monoisotopic (exact) mass is 548 g/mol. The molecule has 1 aromatic rings. The summed E-state index contributed by atoms with van der Waals surface area (Å²) in [6, 6.07) is -1.70. The van der Waals surface area contributed by atoms with Crippen LogP contribution in [0.15, 0.2) is 32.9 Å². The second-order valence-electron chi connectivity index (χ2n) is 8.59. The minimum absolute atomic E-state index is 0.105. The number of aromatic amines is 1. The summed E-state index contributed by atoms with van der Waals surface area (Å²) in [7, 11) is 0. The number of ether oxygens (including phenoxy) is 2. The molecule has 6 atom stereocenters. The summed E-state index contributed by atoms with van der Waals surface area (Å²) in [4.78, 5) is 51.2. The number of carbonyl (C=O) groups excluding carboxylic acids is 2. The third-order valence-electron chi connectivity index (χ3n) is 5.38. The zero-order valence-corrected chi connectivity index (χ0v) is 21.3. The number of nitrogens with two attached hydrogens (primary N) is 1. The molecule has 33 heavy (non-hydrogen) atoms. The zero-order chi connectivity index (χ0) is 25.0. The Morgan fingerprint density at radius 3 is 2.55 bits per heavy atom. The molecule has 1 unspecified atom stereocenters. The van der Waals surface area contributed by atoms with E-state index in [4.69, 9.17) is 26.8 Å². The van der Waals surface area contributed by atoms with Crippen molar-refractivity contribution in [3.63, 3.8) is 0 Å². The molecule has 1 amide bonds. The lowest BCUT2D eigenvalue weighted by Gasteiger charge is -2.28. The van der Waals surface area contributed by atoms with Crippen LogP contribution in [0.1, 0.15) is 40.3 Å². The molecule has 1 aliphatic heterocycles. The van der Waals surface area contributed by atoms with Crippen LogP contribution in [0.3, 0.4) is 0 Å². The Morgan fingerprint density at radius 2 is 2.00 bits per heavy atom. The fourth-order valence-corrected chi connectivity index (χ4v) is 3.97. The van der Waals surface area contributed by atoms with Crippen molar-refractivity contribution >= 4 is 39.4 Å². The maximum Gasteiger partial charge on any atom is 0.330 e. The minimum atomic E-state index is -0.941. The summed E-state index contributed by atoms with van der Waals surface area (Å²) in [5, 5.41) is 2.03. The van der Waals surface area contributed by atoms with Crippen molar-refractivity contribution in [2.45, 2.75) is 70.0 Å². The van der Waals surface area contributed by atoms with Crippen molar-refractivity contribution < 1.29 is 19.1 Å². The van der Waals surface area contributed by atoms with Crippen LogP contribution in [0.5, 0.6) is 0 Å². The van der Waals surface area contributed by atoms with Crippen LogP contribution in [0.4, 0.5) is 0 Å². The zero-order valence-electron chi connectivity index (χ0n) is 18.9. The van der Waals surface area contributed by atoms with Gasteiger partial charge in [-0.1, -0.05) is 34.3 Å². The molecule has 184 valence electrons. The molecule has 1 saturated heterocycles. The highest BCUT2D eigenvalue weighted by atomic mass is 79.9. The van der Waals surface area contributed by atoms with Crippen molar-refractivity contribution in [2.75, 3.05) is 0 Å². The van der Waals surface area contributed by atoms with Crippen LogP contribution in [0, 0.1) is 11.8 Å². The molecule has 1 aromatic heterocycles. The van der Waals surface area contributed by atoms with Gasteiger partial charge in [-0.25, -0.2) is 9.59 Å². The highest BCUT2D eigenvalue weighted by molar-refractivity contribution is 9.10. The predicted octanol–water partition coefficient (Wildman–Crippen LogP) is 1.42. The van der Waals surface area contributed by atoms with Gasteiger partial charge in [0.15, 0.2) is 0 Å². The molecule has 1 fully saturated rings. The number of carbonyl (C=O) groups is 2. The maximum absolute atomic E-state index is 12.9. The molecule has 4 N–H and O–H groups in total. The van der Waals surface area contributed by atoms with Gasteiger partial charge in [-0.05, 0) is 33.8 Å². The molecule has 12 heteroatoms. The second-order valence-corrected chi connectivity index (χ2v) is 10.0. The van der Waals surface area contributed by atoms with E-state index in [9.17, 15) is 19.2 Å². The van der Waals surface area contributed by atoms with E-state index in [1.807, 2.05) is 0 Å². The number of esters is 1. The summed E-state index contributed by atoms with van der Waals surface area (Å²) in [5.74, 6) is -1.51. The van der Waals surface area contributed by atoms with Crippen LogP contribution in [0.2, 0.25) is 0 Å². The normalized spacial score (nSPS) is 23.2. The quantitative estimate of drug-likeness (QED) is 0.240. The first-order valence-corrected chi connectivity index (χ1v) is 11.8. The van der Waals surface area contributed by atoms with E-state index in [1.165, 1.54) is 16.8 Å². The van der Waals surface area contributed by atoms with E-state index in [1.54, 1.807) is 27.7 Å². The number of nitrogens with one attached hydrogen (secondary N) is 2. The molecule has 2 rings (SSSR count). The van der Waals surface area contributed by atoms with Crippen LogP contribution in [-0.2, 0) is 19.1 Å². The molecule has 0 bridgehead atoms. The van der Waals surface area contributed by atoms with Crippen LogP contribution >= 0.6 is 27.5 Å². The second kappa shape index (κ2) is 11.5. The smallest absolute Gasteiger partial charge is 0.330 e. The lowest BCUT2D eigenvalue weighted by Crippen LogP contribution is -2.53. The predicted molar refractivity (Wildman–Crippen MR) is 127 cm³/mol. The Morgan fingerprint density at radius 1 is 1.36 bits per heavy atom. The summed E-state index contributed by atoms with van der Waals surface area (Å²) >= 11 is 9.54. The number of halogens is 2. The van der Waals surface area contributed by atoms with Crippen LogP contribution in [-0.4, -0.2) is 51.1 Å². The third-order valence-corrected chi connectivity index (χ3v) is 6.37. The third kappa shape index (κ3) is 6.56. The average molecular weight is 550 g/mol. The van der Waals surface area contributed by atoms with Crippen molar-refractivity contribution in [1.29, 1.82) is 0 Å². The molecule has 1 aliphatic rings. The number of rotatable bonds is 9. The number of hydrogen-bond acceptors (Lipinski definition) is 7. The number of alkyl halides is 1. The topological polar surface area (TPSA) is 146 Å². The van der Waals surface area contributed by atoms with Crippen molar-refractivity contribution in [1.82, 2.24) is 14.9 Å². The van der Waals surface area contributed by atoms with E-state index < -0.39 is 59.0 Å². The molecule has 0 aromatic carbocycles. The molecular formula is C21H30BrClN4O6. The standard InChI is InChI=1S/C21H30BrClN4O6/c1-6-13(32-20(30)16(10(4)5)25-19(29)15(24)9(2)3)17-12(23)7-14(33-17)27-8-11(22)18(28)26-21(27)31/h6,8-10,12-17H,1,7,24H2,2-5H3,(H,25,29)(H,26,28,31)/t12-,13?,14+,15-,16-,17-/m0/s1. The van der Waals surface area contributed by atoms with E-state index in [2.05, 4.69) is 32.8 Å². The Hall–Kier alpha value is -1.95. The van der Waals surface area contributed by atoms with Crippen LogP contribution in [0.25, 0.3) is 0 Å². The van der Waals surface area contributed by atoms with Crippen LogP contribution < -0.4 is 22.3 Å². The summed E-state index contributed by atoms with van der Waals surface area (Å²) < 4.78 is 12.9. The summed E-state index contributed by atoms with van der Waals surface area (Å²) in [5.41, 5.74) is 4.66. The number of amides is 1. The van der Waals surface area contributed by atoms with Crippen molar-refractivity contribution in [2.24, 2.45) is 17.6 Å². The van der Waals surface area contributed by atoms with Gasteiger partial charge in [0.25, 0.3) is 5.56 Å². The van der Waals surface area contributed by atoms with E-state index in [-0.39, 0.29) is 22.7 Å². The summed E-state index contributed by atoms with van der Waals surface area (Å²) in [6.45, 7) is 10.9. The Kier molecular flexibility index (Phi) is 9.48. The fraction of sp³-hybridized carbons (Fsp3) is 0.619. The first-order chi connectivity index (χ1) is 15.4. The molecule has 0 spiro atoms. The van der Waals surface area contributed by atoms with Gasteiger partial charge in [-0.3, -0.25) is 19.1 Å². The number of H-pyrrole nitrogens is 1. The van der Waals surface area contributed by atoms with Gasteiger partial charge in [0.05, 0.1) is 15.9 Å². The van der Waals surface area contributed by atoms with Gasteiger partial charge in [-0.2, -0.15) is 0 Å². The maximum atomic E-state index is 12.9. The highest BCUT2D eigenvalue weighted by Gasteiger charge is 2.42. The highest BCUT2D eigenvalue weighted by Crippen LogP contribution is 2.34. The van der Waals surface area contributed by atoms with E-state index >= 15 is 0 Å². The number of aromatic nitrogens is 2. The molecule has 2 heterocycles. The van der Waals surface area contributed by atoms with E-state index in [0.717, 1.165) is 0 Å². The molecular weight excluding hydrogens is 520 g/mol. The fourth-order valence-electron chi connectivity index (χ4n) is 3.29. The number of nitrogens with zero attached hydrogens (tertiary/aromatic N) is 1. The SMILES string of the molecule is C=CC(OC(=O)[C@@H](NC(=O)[C@@H](N)C(C)C)C(C)C)[C@H]1O[C@@H](n2cc(Br)c(=O)[nH]c2=O)C[C@@H]1Cl. The molecule has 0 aliphatic carbocycles. The summed E-state index contributed by atoms with van der Waals surface area (Å²) in [6.07, 6.45) is 0.380. The van der Waals surface area contributed by atoms with Gasteiger partial charge < -0.3 is 20.5 Å². The van der Waals surface area contributed by atoms with Gasteiger partial charge in [0.1, 0.15) is 24.5 Å². The van der Waals surface area contributed by atoms with Crippen molar-refractivity contribution in [3.05, 3.63) is 44.2 Å². The van der Waals surface area contributed by atoms with Crippen molar-refractivity contribution in [3.8, 4) is 0 Å². The Bertz CT molecular complexity index is 994. The largest absolute Gasteiger partial charge is 0.454 e. The molecule has 0 saturated carbocycles. The van der Waals surface area contributed by atoms with Gasteiger partial charge in [-0.15, -0.1) is 11.6 Å². The Balaban J connectivity index is 2.15. The first kappa shape index (κ1) is 27.3. The lowest BCUT2D eigenvalue weighted by molar-refractivity contribution is -0.159. The van der Waals surface area contributed by atoms with Gasteiger partial charge in [0.2, 0.25) is 5.91 Å². The van der Waals surface area contributed by atoms with E-state index in [0.29, 0.717) is 0 Å². The lowest BCUT2D eigenvalue weighted by atomic mass is 10.0. The Labute approximate surface area is 205 Å². The van der Waals surface area contributed by atoms with Gasteiger partial charge in [0, 0.05) is 12.6 Å². The first-order valence-electron chi connectivity index (χ1n) is 10.6. The molecule has 0 radical (unpaired) electrons. The average Bonchev–Trinajstić information content (AvgIpc) is 3.12. The molecule has 10 nitrogen and oxygen atoms in total. The number of hydrogen-bond donors (Lipinski definition) is 3. The minimum Gasteiger partial charge on any atom is -0.454 e. The van der Waals surface area contributed by atoms with Gasteiger partial charge >= 0.3 is 11.7 Å².